The Morgan fingerprint density at radius 2 is 2.00 bits per heavy atom. The minimum absolute atomic E-state index is 0.0837. The van der Waals surface area contributed by atoms with Crippen LogP contribution < -0.4 is 11.1 Å². The maximum Gasteiger partial charge on any atom is 0.237 e. The van der Waals surface area contributed by atoms with Gasteiger partial charge in [0.25, 0.3) is 0 Å². The highest BCUT2D eigenvalue weighted by Gasteiger charge is 2.14. The zero-order valence-corrected chi connectivity index (χ0v) is 10.2. The summed E-state index contributed by atoms with van der Waals surface area (Å²) in [6, 6.07) is -0.454. The van der Waals surface area contributed by atoms with E-state index in [0.717, 1.165) is 0 Å². The molecule has 4 heteroatoms. The number of carbonyl (C=O) groups is 1. The van der Waals surface area contributed by atoms with Gasteiger partial charge in [0.15, 0.2) is 0 Å². The van der Waals surface area contributed by atoms with Crippen LogP contribution in [0.2, 0.25) is 0 Å². The van der Waals surface area contributed by atoms with Gasteiger partial charge in [-0.3, -0.25) is 4.79 Å². The normalized spacial score (nSPS) is 15.1. The summed E-state index contributed by atoms with van der Waals surface area (Å²) in [4.78, 5) is 11.5. The van der Waals surface area contributed by atoms with Gasteiger partial charge in [-0.25, -0.2) is 0 Å². The number of ether oxygens (including phenoxy) is 1. The van der Waals surface area contributed by atoms with Crippen LogP contribution in [0.15, 0.2) is 0 Å². The Bertz CT molecular complexity index is 183. The summed E-state index contributed by atoms with van der Waals surface area (Å²) < 4.78 is 4.87. The molecule has 3 N–H and O–H groups in total. The van der Waals surface area contributed by atoms with Crippen LogP contribution in [0, 0.1) is 11.8 Å². The zero-order chi connectivity index (χ0) is 11.8. The Morgan fingerprint density at radius 3 is 2.47 bits per heavy atom. The standard InChI is InChI=1S/C11H24N2O2/c1-8(2)9(3)7-13-11(14)10(12)5-6-15-4/h8-10H,5-7,12H2,1-4H3,(H,13,14). The topological polar surface area (TPSA) is 64.3 Å². The van der Waals surface area contributed by atoms with Gasteiger partial charge in [-0.2, -0.15) is 0 Å². The van der Waals surface area contributed by atoms with Gasteiger partial charge >= 0.3 is 0 Å². The first kappa shape index (κ1) is 14.4. The quantitative estimate of drug-likeness (QED) is 0.660. The van der Waals surface area contributed by atoms with E-state index in [2.05, 4.69) is 26.1 Å². The summed E-state index contributed by atoms with van der Waals surface area (Å²) >= 11 is 0. The molecule has 1 amide bonds. The maximum absolute atomic E-state index is 11.5. The maximum atomic E-state index is 11.5. The molecule has 0 heterocycles. The second kappa shape index (κ2) is 7.65. The number of amides is 1. The smallest absolute Gasteiger partial charge is 0.237 e. The fourth-order valence-corrected chi connectivity index (χ4v) is 1.00. The first-order valence-corrected chi connectivity index (χ1v) is 5.51. The van der Waals surface area contributed by atoms with Crippen molar-refractivity contribution in [1.29, 1.82) is 0 Å². The highest BCUT2D eigenvalue weighted by molar-refractivity contribution is 5.81. The van der Waals surface area contributed by atoms with Crippen LogP contribution in [0.4, 0.5) is 0 Å². The summed E-state index contributed by atoms with van der Waals surface area (Å²) in [5.74, 6) is 0.962. The molecular weight excluding hydrogens is 192 g/mol. The molecule has 0 radical (unpaired) electrons. The van der Waals surface area contributed by atoms with Crippen molar-refractivity contribution in [3.05, 3.63) is 0 Å². The molecular formula is C11H24N2O2. The monoisotopic (exact) mass is 216 g/mol. The molecule has 0 saturated carbocycles. The molecule has 0 aromatic carbocycles. The Morgan fingerprint density at radius 1 is 1.40 bits per heavy atom. The number of nitrogens with two attached hydrogens (primary N) is 1. The largest absolute Gasteiger partial charge is 0.385 e. The summed E-state index contributed by atoms with van der Waals surface area (Å²) in [5.41, 5.74) is 5.67. The SMILES string of the molecule is COCCC(N)C(=O)NCC(C)C(C)C. The Hall–Kier alpha value is -0.610. The molecule has 0 saturated heterocycles. The van der Waals surface area contributed by atoms with Gasteiger partial charge < -0.3 is 15.8 Å². The number of hydrogen-bond acceptors (Lipinski definition) is 3. The van der Waals surface area contributed by atoms with Crippen LogP contribution in [0.3, 0.4) is 0 Å². The van der Waals surface area contributed by atoms with Gasteiger partial charge in [-0.1, -0.05) is 20.8 Å². The average Bonchev–Trinajstić information content (AvgIpc) is 2.21. The van der Waals surface area contributed by atoms with Crippen molar-refractivity contribution < 1.29 is 9.53 Å². The molecule has 0 aliphatic heterocycles. The van der Waals surface area contributed by atoms with E-state index in [1.54, 1.807) is 7.11 Å². The molecule has 0 spiro atoms. The first-order chi connectivity index (χ1) is 6.99. The van der Waals surface area contributed by atoms with Crippen molar-refractivity contribution in [1.82, 2.24) is 5.32 Å². The lowest BCUT2D eigenvalue weighted by Crippen LogP contribution is -2.43. The number of hydrogen-bond donors (Lipinski definition) is 2. The van der Waals surface area contributed by atoms with Gasteiger partial charge in [-0.15, -0.1) is 0 Å². The van der Waals surface area contributed by atoms with Crippen LogP contribution in [0.5, 0.6) is 0 Å². The Labute approximate surface area is 92.6 Å². The molecule has 4 nitrogen and oxygen atoms in total. The third-order valence-corrected chi connectivity index (χ3v) is 2.71. The summed E-state index contributed by atoms with van der Waals surface area (Å²) in [6.45, 7) is 7.61. The highest BCUT2D eigenvalue weighted by atomic mass is 16.5. The van der Waals surface area contributed by atoms with Gasteiger partial charge in [0.2, 0.25) is 5.91 Å². The minimum Gasteiger partial charge on any atom is -0.385 e. The lowest BCUT2D eigenvalue weighted by Gasteiger charge is -2.18. The molecule has 2 unspecified atom stereocenters. The van der Waals surface area contributed by atoms with E-state index >= 15 is 0 Å². The molecule has 0 rings (SSSR count). The van der Waals surface area contributed by atoms with E-state index in [0.29, 0.717) is 31.4 Å². The second-order valence-electron chi connectivity index (χ2n) is 4.35. The van der Waals surface area contributed by atoms with Crippen molar-refractivity contribution in [3.8, 4) is 0 Å². The van der Waals surface area contributed by atoms with Gasteiger partial charge in [0, 0.05) is 20.3 Å². The van der Waals surface area contributed by atoms with Crippen molar-refractivity contribution in [3.63, 3.8) is 0 Å². The fourth-order valence-electron chi connectivity index (χ4n) is 1.00. The first-order valence-electron chi connectivity index (χ1n) is 5.51. The minimum atomic E-state index is -0.454. The molecule has 0 aromatic rings. The van der Waals surface area contributed by atoms with E-state index < -0.39 is 6.04 Å². The molecule has 15 heavy (non-hydrogen) atoms. The summed E-state index contributed by atoms with van der Waals surface area (Å²) in [6.07, 6.45) is 0.568. The van der Waals surface area contributed by atoms with Crippen molar-refractivity contribution in [2.24, 2.45) is 17.6 Å². The highest BCUT2D eigenvalue weighted by Crippen LogP contribution is 2.07. The van der Waals surface area contributed by atoms with Crippen LogP contribution in [0.1, 0.15) is 27.2 Å². The van der Waals surface area contributed by atoms with Gasteiger partial charge in [-0.05, 0) is 18.3 Å². The zero-order valence-electron chi connectivity index (χ0n) is 10.2. The lowest BCUT2D eigenvalue weighted by molar-refractivity contribution is -0.122. The number of nitrogens with one attached hydrogen (secondary N) is 1. The predicted octanol–water partition coefficient (Wildman–Crippen LogP) is 0.759. The van der Waals surface area contributed by atoms with E-state index in [1.165, 1.54) is 0 Å². The summed E-state index contributed by atoms with van der Waals surface area (Å²) in [5, 5.41) is 2.85. The van der Waals surface area contributed by atoms with E-state index in [9.17, 15) is 4.79 Å². The van der Waals surface area contributed by atoms with Crippen molar-refractivity contribution in [2.45, 2.75) is 33.2 Å². The molecule has 0 bridgehead atoms. The molecule has 0 aliphatic carbocycles. The third kappa shape index (κ3) is 6.47. The van der Waals surface area contributed by atoms with Crippen molar-refractivity contribution in [2.75, 3.05) is 20.3 Å². The Balaban J connectivity index is 3.73. The van der Waals surface area contributed by atoms with Crippen LogP contribution in [-0.4, -0.2) is 32.2 Å². The predicted molar refractivity (Wildman–Crippen MR) is 61.5 cm³/mol. The van der Waals surface area contributed by atoms with Gasteiger partial charge in [0.1, 0.15) is 0 Å². The molecule has 2 atom stereocenters. The van der Waals surface area contributed by atoms with E-state index in [-0.39, 0.29) is 5.91 Å². The Kier molecular flexibility index (Phi) is 7.34. The molecule has 90 valence electrons. The summed E-state index contributed by atoms with van der Waals surface area (Å²) in [7, 11) is 1.60. The molecule has 0 aromatic heterocycles. The van der Waals surface area contributed by atoms with Gasteiger partial charge in [0.05, 0.1) is 6.04 Å². The average molecular weight is 216 g/mol. The van der Waals surface area contributed by atoms with E-state index in [4.69, 9.17) is 10.5 Å². The number of methoxy groups -OCH3 is 1. The molecule has 0 aliphatic rings. The molecule has 0 fully saturated rings. The second-order valence-corrected chi connectivity index (χ2v) is 4.35. The fraction of sp³-hybridized carbons (Fsp3) is 0.909. The van der Waals surface area contributed by atoms with Crippen LogP contribution >= 0.6 is 0 Å². The number of carbonyl (C=O) groups excluding carboxylic acids is 1. The van der Waals surface area contributed by atoms with Crippen LogP contribution in [-0.2, 0) is 9.53 Å². The lowest BCUT2D eigenvalue weighted by atomic mass is 9.98. The van der Waals surface area contributed by atoms with E-state index in [1.807, 2.05) is 0 Å². The number of rotatable bonds is 7. The van der Waals surface area contributed by atoms with Crippen LogP contribution in [0.25, 0.3) is 0 Å². The van der Waals surface area contributed by atoms with Crippen molar-refractivity contribution >= 4 is 5.91 Å². The third-order valence-electron chi connectivity index (χ3n) is 2.71.